The summed E-state index contributed by atoms with van der Waals surface area (Å²) in [4.78, 5) is 1.72. The van der Waals surface area contributed by atoms with Crippen LogP contribution in [0.2, 0.25) is 0 Å². The second-order valence-electron chi connectivity index (χ2n) is 1.84. The Bertz CT molecular complexity index is 59.2. The van der Waals surface area contributed by atoms with Gasteiger partial charge in [0.05, 0.1) is 0 Å². The zero-order chi connectivity index (χ0) is 8.73. The third kappa shape index (κ3) is 23.2. The number of nitrogens with zero attached hydrogens (tertiary/aromatic N) is 1. The molecule has 1 N–H and O–H groups in total. The van der Waals surface area contributed by atoms with Gasteiger partial charge in [-0.3, -0.25) is 4.90 Å². The molecule has 0 radical (unpaired) electrons. The van der Waals surface area contributed by atoms with E-state index in [0.29, 0.717) is 0 Å². The van der Waals surface area contributed by atoms with Crippen molar-refractivity contribution in [1.82, 2.24) is 4.90 Å². The normalized spacial score (nSPS) is 12.9. The van der Waals surface area contributed by atoms with E-state index in [-0.39, 0.29) is 6.23 Å². The Labute approximate surface area is 76.7 Å². The number of aliphatic hydroxyl groups is 1. The molecule has 10 heavy (non-hydrogen) atoms. The molecule has 0 saturated carbocycles. The van der Waals surface area contributed by atoms with Crippen molar-refractivity contribution in [3.8, 4) is 0 Å². The Morgan fingerprint density at radius 3 is 1.30 bits per heavy atom. The molecule has 0 aliphatic rings. The summed E-state index contributed by atoms with van der Waals surface area (Å²) in [6.07, 6.45) is -0.315. The summed E-state index contributed by atoms with van der Waals surface area (Å²) in [6, 6.07) is 0. The van der Waals surface area contributed by atoms with Crippen LogP contribution in [0.15, 0.2) is 0 Å². The molecule has 0 bridgehead atoms. The van der Waals surface area contributed by atoms with Crippen LogP contribution in [0.5, 0.6) is 0 Å². The zero-order valence-electron chi connectivity index (χ0n) is 6.18. The molecule has 0 fully saturated rings. The third-order valence-corrected chi connectivity index (χ3v) is 0.747. The highest BCUT2D eigenvalue weighted by Gasteiger charge is 1.92. The van der Waals surface area contributed by atoms with Gasteiger partial charge < -0.3 is 5.11 Å². The van der Waals surface area contributed by atoms with Gasteiger partial charge in [-0.1, -0.05) is 34.8 Å². The Morgan fingerprint density at radius 1 is 1.20 bits per heavy atom. The molecule has 0 aromatic rings. The van der Waals surface area contributed by atoms with Crippen LogP contribution in [0.3, 0.4) is 0 Å². The van der Waals surface area contributed by atoms with Crippen molar-refractivity contribution >= 4 is 34.8 Å². The van der Waals surface area contributed by atoms with Crippen LogP contribution in [0.25, 0.3) is 0 Å². The lowest BCUT2D eigenvalue weighted by molar-refractivity contribution is 0.0578. The number of rotatable bonds is 1. The fourth-order valence-electron chi connectivity index (χ4n) is 0. The highest BCUT2D eigenvalue weighted by molar-refractivity contribution is 6.63. The fraction of sp³-hybridized carbons (Fsp3) is 1.00. The van der Waals surface area contributed by atoms with E-state index >= 15 is 0 Å². The van der Waals surface area contributed by atoms with E-state index in [2.05, 4.69) is 0 Å². The number of alkyl halides is 3. The Morgan fingerprint density at radius 2 is 1.30 bits per heavy atom. The van der Waals surface area contributed by atoms with Crippen molar-refractivity contribution < 1.29 is 5.11 Å². The molecule has 2 nitrogen and oxygen atoms in total. The van der Waals surface area contributed by atoms with Gasteiger partial charge in [0.1, 0.15) is 6.23 Å². The maximum atomic E-state index is 8.56. The molecule has 0 aromatic heterocycles. The Balaban J connectivity index is 0. The van der Waals surface area contributed by atoms with Gasteiger partial charge in [0.25, 0.3) is 0 Å². The minimum absolute atomic E-state index is 0.315. The van der Waals surface area contributed by atoms with Crippen molar-refractivity contribution in [2.24, 2.45) is 0 Å². The first kappa shape index (κ1) is 13.4. The second-order valence-corrected chi connectivity index (χ2v) is 3.82. The highest BCUT2D eigenvalue weighted by Crippen LogP contribution is 2.03. The lowest BCUT2D eigenvalue weighted by Crippen LogP contribution is -2.23. The van der Waals surface area contributed by atoms with E-state index in [0.717, 1.165) is 0 Å². The van der Waals surface area contributed by atoms with Crippen molar-refractivity contribution in [1.29, 1.82) is 0 Å². The third-order valence-electron chi connectivity index (χ3n) is 0.747. The molecule has 0 rings (SSSR count). The minimum atomic E-state index is -0.750. The van der Waals surface area contributed by atoms with E-state index in [1.807, 2.05) is 14.1 Å². The average Bonchev–Trinajstić information content (AvgIpc) is 1.63. The van der Waals surface area contributed by atoms with Crippen LogP contribution in [0.1, 0.15) is 6.92 Å². The monoisotopic (exact) mass is 207 g/mol. The standard InChI is InChI=1S/C4H11NO.CHCl3/c1-4(6)5(2)3;2-1(3)4/h4,6H,1-3H3;1H. The lowest BCUT2D eigenvalue weighted by Gasteiger charge is -2.11. The van der Waals surface area contributed by atoms with Gasteiger partial charge in [-0.2, -0.15) is 0 Å². The molecule has 0 aromatic carbocycles. The minimum Gasteiger partial charge on any atom is -0.379 e. The van der Waals surface area contributed by atoms with Crippen molar-refractivity contribution in [3.63, 3.8) is 0 Å². The second kappa shape index (κ2) is 7.89. The molecule has 0 amide bonds. The number of halogens is 3. The lowest BCUT2D eigenvalue weighted by atomic mass is 10.6. The molecular weight excluding hydrogens is 196 g/mol. The van der Waals surface area contributed by atoms with Gasteiger partial charge in [0.15, 0.2) is 4.30 Å². The van der Waals surface area contributed by atoms with Crippen LogP contribution in [-0.4, -0.2) is 34.6 Å². The van der Waals surface area contributed by atoms with Crippen LogP contribution in [0, 0.1) is 0 Å². The van der Waals surface area contributed by atoms with Crippen molar-refractivity contribution in [3.05, 3.63) is 0 Å². The molecular formula is C5H12Cl3NO. The largest absolute Gasteiger partial charge is 0.379 e. The molecule has 64 valence electrons. The Hall–Kier alpha value is 0.790. The quantitative estimate of drug-likeness (QED) is 0.525. The molecule has 0 saturated heterocycles. The average molecular weight is 209 g/mol. The summed E-state index contributed by atoms with van der Waals surface area (Å²) in [6.45, 7) is 1.72. The van der Waals surface area contributed by atoms with E-state index in [1.165, 1.54) is 0 Å². The predicted molar refractivity (Wildman–Crippen MR) is 46.7 cm³/mol. The van der Waals surface area contributed by atoms with Crippen LogP contribution in [0.4, 0.5) is 0 Å². The van der Waals surface area contributed by atoms with E-state index < -0.39 is 4.30 Å². The number of hydrogen-bond acceptors (Lipinski definition) is 2. The SMILES string of the molecule is CC(O)N(C)C.ClC(Cl)Cl. The topological polar surface area (TPSA) is 23.5 Å². The first-order chi connectivity index (χ1) is 4.37. The van der Waals surface area contributed by atoms with E-state index in [1.54, 1.807) is 11.8 Å². The van der Waals surface area contributed by atoms with Crippen molar-refractivity contribution in [2.75, 3.05) is 14.1 Å². The summed E-state index contributed by atoms with van der Waals surface area (Å²) in [7, 11) is 3.65. The van der Waals surface area contributed by atoms with Gasteiger partial charge in [-0.25, -0.2) is 0 Å². The van der Waals surface area contributed by atoms with Gasteiger partial charge in [-0.15, -0.1) is 0 Å². The molecule has 1 atom stereocenters. The van der Waals surface area contributed by atoms with E-state index in [9.17, 15) is 0 Å². The highest BCUT2D eigenvalue weighted by atomic mass is 35.6. The van der Waals surface area contributed by atoms with Crippen LogP contribution >= 0.6 is 34.8 Å². The summed E-state index contributed by atoms with van der Waals surface area (Å²) in [5, 5.41) is 8.56. The molecule has 0 spiro atoms. The summed E-state index contributed by atoms with van der Waals surface area (Å²) in [5.74, 6) is 0. The fourth-order valence-corrected chi connectivity index (χ4v) is 0. The molecule has 0 aliphatic heterocycles. The number of hydrogen-bond donors (Lipinski definition) is 1. The summed E-state index contributed by atoms with van der Waals surface area (Å²) in [5.41, 5.74) is 0. The molecule has 5 heteroatoms. The molecule has 0 heterocycles. The van der Waals surface area contributed by atoms with Gasteiger partial charge in [-0.05, 0) is 21.0 Å². The van der Waals surface area contributed by atoms with Crippen LogP contribution < -0.4 is 0 Å². The first-order valence-corrected chi connectivity index (χ1v) is 3.95. The maximum absolute atomic E-state index is 8.56. The molecule has 0 aliphatic carbocycles. The summed E-state index contributed by atoms with van der Waals surface area (Å²) >= 11 is 14.4. The van der Waals surface area contributed by atoms with Gasteiger partial charge in [0, 0.05) is 0 Å². The van der Waals surface area contributed by atoms with E-state index in [4.69, 9.17) is 39.9 Å². The predicted octanol–water partition coefficient (Wildman–Crippen LogP) is 1.87. The first-order valence-electron chi connectivity index (χ1n) is 2.64. The maximum Gasteiger partial charge on any atom is 0.180 e. The van der Waals surface area contributed by atoms with Crippen molar-refractivity contribution in [2.45, 2.75) is 17.4 Å². The van der Waals surface area contributed by atoms with Gasteiger partial charge >= 0.3 is 0 Å². The zero-order valence-corrected chi connectivity index (χ0v) is 8.45. The molecule has 1 unspecified atom stereocenters. The number of aliphatic hydroxyl groups excluding tert-OH is 1. The van der Waals surface area contributed by atoms with Crippen LogP contribution in [-0.2, 0) is 0 Å². The smallest absolute Gasteiger partial charge is 0.180 e. The Kier molecular flexibility index (Phi) is 10.6. The summed E-state index contributed by atoms with van der Waals surface area (Å²) < 4.78 is -0.750. The van der Waals surface area contributed by atoms with Gasteiger partial charge in [0.2, 0.25) is 0 Å².